The summed E-state index contributed by atoms with van der Waals surface area (Å²) in [5, 5.41) is 23.1. The van der Waals surface area contributed by atoms with Crippen LogP contribution in [0.15, 0.2) is 24.3 Å². The molecule has 0 saturated heterocycles. The summed E-state index contributed by atoms with van der Waals surface area (Å²) in [4.78, 5) is 12.7. The zero-order chi connectivity index (χ0) is 17.9. The van der Waals surface area contributed by atoms with Gasteiger partial charge in [0.25, 0.3) is 0 Å². The fraction of sp³-hybridized carbons (Fsp3) is 0.368. The standard InChI is InChI=1S/C19H20N4O/c1-12(2)9-17(24)19-16(11-21)18(22-23(19)13(3)4)15-7-5-14(10-20)6-8-15/h5-8,12-13H,9H2,1-4H3. The Labute approximate surface area is 142 Å². The highest BCUT2D eigenvalue weighted by atomic mass is 16.1. The normalized spacial score (nSPS) is 10.7. The summed E-state index contributed by atoms with van der Waals surface area (Å²) in [6.07, 6.45) is 0.375. The number of aromatic nitrogens is 2. The number of Topliss-reactive ketones (excluding diaryl/α,β-unsaturated/α-hetero) is 1. The van der Waals surface area contributed by atoms with Gasteiger partial charge in [0.05, 0.1) is 11.6 Å². The van der Waals surface area contributed by atoms with E-state index in [-0.39, 0.29) is 17.7 Å². The predicted octanol–water partition coefficient (Wildman–Crippen LogP) is 4.10. The molecule has 1 aromatic carbocycles. The van der Waals surface area contributed by atoms with Gasteiger partial charge in [-0.05, 0) is 31.9 Å². The molecule has 24 heavy (non-hydrogen) atoms. The van der Waals surface area contributed by atoms with Gasteiger partial charge >= 0.3 is 0 Å². The number of nitrogens with zero attached hydrogens (tertiary/aromatic N) is 4. The van der Waals surface area contributed by atoms with Crippen LogP contribution in [-0.4, -0.2) is 15.6 Å². The quantitative estimate of drug-likeness (QED) is 0.776. The lowest BCUT2D eigenvalue weighted by molar-refractivity contribution is 0.0955. The van der Waals surface area contributed by atoms with Crippen molar-refractivity contribution in [3.63, 3.8) is 0 Å². The molecule has 2 aromatic rings. The second-order valence-corrected chi connectivity index (χ2v) is 6.43. The average molecular weight is 320 g/mol. The third-order valence-corrected chi connectivity index (χ3v) is 3.66. The minimum absolute atomic E-state index is 0.0321. The second kappa shape index (κ2) is 7.10. The van der Waals surface area contributed by atoms with Crippen LogP contribution in [0.5, 0.6) is 0 Å². The van der Waals surface area contributed by atoms with Crippen molar-refractivity contribution in [2.24, 2.45) is 5.92 Å². The molecule has 5 heteroatoms. The first-order valence-corrected chi connectivity index (χ1v) is 7.95. The molecule has 0 aliphatic carbocycles. The van der Waals surface area contributed by atoms with Crippen LogP contribution >= 0.6 is 0 Å². The lowest BCUT2D eigenvalue weighted by Gasteiger charge is -2.11. The van der Waals surface area contributed by atoms with E-state index in [9.17, 15) is 10.1 Å². The van der Waals surface area contributed by atoms with Gasteiger partial charge < -0.3 is 0 Å². The van der Waals surface area contributed by atoms with Crippen molar-refractivity contribution < 1.29 is 4.79 Å². The molecular formula is C19H20N4O. The van der Waals surface area contributed by atoms with Crippen LogP contribution in [0.2, 0.25) is 0 Å². The van der Waals surface area contributed by atoms with E-state index in [0.717, 1.165) is 5.56 Å². The molecule has 0 aliphatic rings. The minimum atomic E-state index is -0.0670. The number of ketones is 1. The molecular weight excluding hydrogens is 300 g/mol. The van der Waals surface area contributed by atoms with Gasteiger partial charge in [0.15, 0.2) is 5.78 Å². The number of nitriles is 2. The van der Waals surface area contributed by atoms with Gasteiger partial charge in [-0.25, -0.2) is 0 Å². The van der Waals surface area contributed by atoms with E-state index in [1.807, 2.05) is 27.7 Å². The molecule has 1 aromatic heterocycles. The van der Waals surface area contributed by atoms with Gasteiger partial charge in [0.2, 0.25) is 0 Å². The number of benzene rings is 1. The molecule has 0 amide bonds. The monoisotopic (exact) mass is 320 g/mol. The number of carbonyl (C=O) groups is 1. The highest BCUT2D eigenvalue weighted by molar-refractivity contribution is 5.98. The summed E-state index contributed by atoms with van der Waals surface area (Å²) in [7, 11) is 0. The van der Waals surface area contributed by atoms with Crippen molar-refractivity contribution in [3.05, 3.63) is 41.1 Å². The first kappa shape index (κ1) is 17.4. The van der Waals surface area contributed by atoms with E-state index in [0.29, 0.717) is 28.9 Å². The third kappa shape index (κ3) is 3.36. The van der Waals surface area contributed by atoms with Gasteiger partial charge in [-0.15, -0.1) is 0 Å². The highest BCUT2D eigenvalue weighted by Crippen LogP contribution is 2.28. The Kier molecular flexibility index (Phi) is 5.16. The van der Waals surface area contributed by atoms with Crippen LogP contribution < -0.4 is 0 Å². The summed E-state index contributed by atoms with van der Waals surface area (Å²) >= 11 is 0. The maximum absolute atomic E-state index is 12.7. The lowest BCUT2D eigenvalue weighted by atomic mass is 9.99. The Morgan fingerprint density at radius 3 is 2.21 bits per heavy atom. The maximum Gasteiger partial charge on any atom is 0.182 e. The Morgan fingerprint density at radius 1 is 1.12 bits per heavy atom. The first-order chi connectivity index (χ1) is 11.4. The molecule has 0 bridgehead atoms. The van der Waals surface area contributed by atoms with Crippen LogP contribution in [0.4, 0.5) is 0 Å². The Morgan fingerprint density at radius 2 is 1.75 bits per heavy atom. The maximum atomic E-state index is 12.7. The SMILES string of the molecule is CC(C)CC(=O)c1c(C#N)c(-c2ccc(C#N)cc2)nn1C(C)C. The summed E-state index contributed by atoms with van der Waals surface area (Å²) in [5.74, 6) is 0.139. The van der Waals surface area contributed by atoms with Crippen LogP contribution in [0.3, 0.4) is 0 Å². The van der Waals surface area contributed by atoms with Crippen molar-refractivity contribution in [1.82, 2.24) is 9.78 Å². The largest absolute Gasteiger partial charge is 0.292 e. The van der Waals surface area contributed by atoms with Crippen LogP contribution in [0, 0.1) is 28.6 Å². The van der Waals surface area contributed by atoms with Crippen molar-refractivity contribution in [2.45, 2.75) is 40.2 Å². The Hall–Kier alpha value is -2.92. The van der Waals surface area contributed by atoms with Crippen molar-refractivity contribution >= 4 is 5.78 Å². The molecule has 1 heterocycles. The molecule has 0 spiro atoms. The van der Waals surface area contributed by atoms with E-state index in [2.05, 4.69) is 17.2 Å². The van der Waals surface area contributed by atoms with Crippen LogP contribution in [0.25, 0.3) is 11.3 Å². The van der Waals surface area contributed by atoms with Crippen molar-refractivity contribution in [3.8, 4) is 23.4 Å². The summed E-state index contributed by atoms with van der Waals surface area (Å²) in [6.45, 7) is 7.81. The fourth-order valence-corrected chi connectivity index (χ4v) is 2.55. The molecule has 0 radical (unpaired) electrons. The number of hydrogen-bond acceptors (Lipinski definition) is 4. The molecule has 0 atom stereocenters. The molecule has 122 valence electrons. The average Bonchev–Trinajstić information content (AvgIpc) is 2.94. The summed E-state index contributed by atoms with van der Waals surface area (Å²) in [6, 6.07) is 11.1. The number of rotatable bonds is 5. The van der Waals surface area contributed by atoms with Gasteiger partial charge in [0, 0.05) is 18.0 Å². The number of carbonyl (C=O) groups excluding carboxylic acids is 1. The van der Waals surface area contributed by atoms with Crippen LogP contribution in [0.1, 0.15) is 61.8 Å². The molecule has 0 fully saturated rings. The summed E-state index contributed by atoms with van der Waals surface area (Å²) < 4.78 is 1.64. The van der Waals surface area contributed by atoms with Crippen LogP contribution in [-0.2, 0) is 0 Å². The van der Waals surface area contributed by atoms with Gasteiger partial charge in [-0.1, -0.05) is 26.0 Å². The van der Waals surface area contributed by atoms with E-state index in [4.69, 9.17) is 5.26 Å². The van der Waals surface area contributed by atoms with Gasteiger partial charge in [0.1, 0.15) is 23.0 Å². The zero-order valence-electron chi connectivity index (χ0n) is 14.4. The molecule has 0 saturated carbocycles. The van der Waals surface area contributed by atoms with Gasteiger partial charge in [-0.3, -0.25) is 9.48 Å². The molecule has 5 nitrogen and oxygen atoms in total. The third-order valence-electron chi connectivity index (χ3n) is 3.66. The van der Waals surface area contributed by atoms with E-state index >= 15 is 0 Å². The van der Waals surface area contributed by atoms with Crippen molar-refractivity contribution in [1.29, 1.82) is 10.5 Å². The topological polar surface area (TPSA) is 82.5 Å². The van der Waals surface area contributed by atoms with E-state index in [1.165, 1.54) is 0 Å². The molecule has 2 rings (SSSR count). The summed E-state index contributed by atoms with van der Waals surface area (Å²) in [5.41, 5.74) is 2.43. The fourth-order valence-electron chi connectivity index (χ4n) is 2.55. The Bertz CT molecular complexity index is 830. The second-order valence-electron chi connectivity index (χ2n) is 6.43. The van der Waals surface area contributed by atoms with Crippen molar-refractivity contribution in [2.75, 3.05) is 0 Å². The number of hydrogen-bond donors (Lipinski definition) is 0. The highest BCUT2D eigenvalue weighted by Gasteiger charge is 2.25. The lowest BCUT2D eigenvalue weighted by Crippen LogP contribution is -2.15. The van der Waals surface area contributed by atoms with E-state index in [1.54, 1.807) is 28.9 Å². The predicted molar refractivity (Wildman–Crippen MR) is 91.3 cm³/mol. The molecule has 0 N–H and O–H groups in total. The first-order valence-electron chi connectivity index (χ1n) is 7.95. The Balaban J connectivity index is 2.63. The van der Waals surface area contributed by atoms with E-state index < -0.39 is 0 Å². The smallest absolute Gasteiger partial charge is 0.182 e. The zero-order valence-corrected chi connectivity index (χ0v) is 14.4. The minimum Gasteiger partial charge on any atom is -0.292 e. The molecule has 0 unspecified atom stereocenters. The van der Waals surface area contributed by atoms with Gasteiger partial charge in [-0.2, -0.15) is 15.6 Å². The molecule has 0 aliphatic heterocycles.